The van der Waals surface area contributed by atoms with E-state index in [1.165, 1.54) is 10.4 Å². The van der Waals surface area contributed by atoms with Crippen LogP contribution in [0.25, 0.3) is 5.65 Å². The summed E-state index contributed by atoms with van der Waals surface area (Å²) < 4.78 is 27.5. The number of ether oxygens (including phenoxy) is 3. The number of benzene rings is 2. The summed E-state index contributed by atoms with van der Waals surface area (Å²) in [6, 6.07) is 23.3. The van der Waals surface area contributed by atoms with Gasteiger partial charge in [0.2, 0.25) is 0 Å². The van der Waals surface area contributed by atoms with E-state index in [4.69, 9.17) is 23.6 Å². The first kappa shape index (κ1) is 42.2. The highest BCUT2D eigenvalue weighted by Crippen LogP contribution is 2.39. The Labute approximate surface area is 329 Å². The Morgan fingerprint density at radius 2 is 1.56 bits per heavy atom. The molecule has 298 valence electrons. The predicted octanol–water partition coefficient (Wildman–Crippen LogP) is 7.78. The van der Waals surface area contributed by atoms with Gasteiger partial charge in [0.25, 0.3) is 8.32 Å². The molecule has 10 nitrogen and oxygen atoms in total. The van der Waals surface area contributed by atoms with Crippen LogP contribution in [-0.2, 0) is 23.4 Å². The summed E-state index contributed by atoms with van der Waals surface area (Å²) in [4.78, 5) is 32.2. The maximum Gasteiger partial charge on any atom is 0.340 e. The van der Waals surface area contributed by atoms with Crippen molar-refractivity contribution in [2.75, 3.05) is 31.2 Å². The fourth-order valence-electron chi connectivity index (χ4n) is 7.84. The van der Waals surface area contributed by atoms with Gasteiger partial charge in [-0.1, -0.05) is 81.4 Å². The lowest BCUT2D eigenvalue weighted by Crippen LogP contribution is -2.67. The zero-order valence-corrected chi connectivity index (χ0v) is 35.7. The van der Waals surface area contributed by atoms with Gasteiger partial charge in [-0.05, 0) is 96.0 Å². The quantitative estimate of drug-likeness (QED) is 0.0489. The van der Waals surface area contributed by atoms with Gasteiger partial charge >= 0.3 is 5.97 Å². The molecule has 1 aliphatic rings. The molecule has 2 aromatic carbocycles. The molecule has 0 radical (unpaired) electrons. The third-order valence-electron chi connectivity index (χ3n) is 10.5. The Hall–Kier alpha value is -3.90. The first-order valence-electron chi connectivity index (χ1n) is 19.9. The number of fused-ring (bicyclic) bond motifs is 1. The zero-order chi connectivity index (χ0) is 40.0. The largest absolute Gasteiger partial charge is 0.464 e. The minimum Gasteiger partial charge on any atom is -0.464 e. The van der Waals surface area contributed by atoms with Crippen LogP contribution >= 0.6 is 0 Å². The fourth-order valence-corrected chi connectivity index (χ4v) is 12.6. The molecule has 1 aliphatic heterocycles. The minimum absolute atomic E-state index is 0.0639. The molecule has 2 aromatic heterocycles. The van der Waals surface area contributed by atoms with E-state index in [1.54, 1.807) is 17.5 Å². The van der Waals surface area contributed by atoms with E-state index in [0.717, 1.165) is 32.1 Å². The molecule has 4 aromatic rings. The Morgan fingerprint density at radius 3 is 2.09 bits per heavy atom. The summed E-state index contributed by atoms with van der Waals surface area (Å²) in [5.41, 5.74) is 1.07. The van der Waals surface area contributed by atoms with Crippen molar-refractivity contribution in [3.05, 3.63) is 83.7 Å². The Balaban J connectivity index is 1.26. The average Bonchev–Trinajstić information content (AvgIpc) is 3.55. The van der Waals surface area contributed by atoms with E-state index in [-0.39, 0.29) is 29.0 Å². The topological polar surface area (TPSA) is 104 Å². The molecule has 11 heteroatoms. The fraction of sp³-hybridized carbons (Fsp3) is 0.545. The standard InChI is InChI=1S/C44H62N4O6Si/c1-11-51-41(50)39(53-42(4,5)6)38-33(3)45-37-30-34(31-49)46-48(37)40(38)47-27-25-44(10,26-28-47)52-29-19-18-20-32(2)54-55(43(7,8)9,35-21-14-12-15-22-35)36-23-16-13-17-24-36/h12-17,21-24,30-32,39H,11,18-20,25-29H2,1-10H3/t32-,39+/m1/s1. The number of aromatic nitrogens is 3. The van der Waals surface area contributed by atoms with Crippen LogP contribution in [0.4, 0.5) is 5.82 Å². The molecule has 2 atom stereocenters. The third-order valence-corrected chi connectivity index (χ3v) is 15.7. The summed E-state index contributed by atoms with van der Waals surface area (Å²) in [5.74, 6) is 0.206. The summed E-state index contributed by atoms with van der Waals surface area (Å²) in [7, 11) is -2.61. The first-order valence-corrected chi connectivity index (χ1v) is 21.8. The summed E-state index contributed by atoms with van der Waals surface area (Å²) in [5, 5.41) is 7.11. The van der Waals surface area contributed by atoms with Gasteiger partial charge in [0.15, 0.2) is 18.0 Å². The minimum atomic E-state index is -2.61. The molecular formula is C44H62N4O6Si. The van der Waals surface area contributed by atoms with E-state index >= 15 is 0 Å². The van der Waals surface area contributed by atoms with Crippen LogP contribution in [0, 0.1) is 6.92 Å². The number of nitrogens with zero attached hydrogens (tertiary/aromatic N) is 4. The molecule has 1 fully saturated rings. The molecule has 1 saturated heterocycles. The summed E-state index contributed by atoms with van der Waals surface area (Å²) >= 11 is 0. The van der Waals surface area contributed by atoms with Crippen molar-refractivity contribution in [1.29, 1.82) is 0 Å². The third kappa shape index (κ3) is 9.74. The lowest BCUT2D eigenvalue weighted by atomic mass is 9.92. The Kier molecular flexibility index (Phi) is 13.4. The summed E-state index contributed by atoms with van der Waals surface area (Å²) in [6.07, 6.45) is 4.21. The average molecular weight is 771 g/mol. The normalized spacial score (nSPS) is 16.2. The molecule has 0 saturated carbocycles. The lowest BCUT2D eigenvalue weighted by molar-refractivity contribution is -0.166. The van der Waals surface area contributed by atoms with Crippen LogP contribution in [0.1, 0.15) is 122 Å². The van der Waals surface area contributed by atoms with E-state index in [0.29, 0.717) is 48.7 Å². The van der Waals surface area contributed by atoms with Gasteiger partial charge in [-0.3, -0.25) is 4.79 Å². The number of anilines is 1. The zero-order valence-electron chi connectivity index (χ0n) is 34.7. The van der Waals surface area contributed by atoms with Crippen LogP contribution in [0.3, 0.4) is 0 Å². The number of hydrogen-bond donors (Lipinski definition) is 0. The number of carbonyl (C=O) groups excluding carboxylic acids is 2. The molecule has 0 amide bonds. The SMILES string of the molecule is CCOC(=O)[C@@H](OC(C)(C)C)c1c(C)nc2cc(C=O)nn2c1N1CCC(C)(OCCCC[C@@H](C)O[Si](c2ccccc2)(c2ccccc2)C(C)(C)C)CC1. The second-order valence-electron chi connectivity index (χ2n) is 17.1. The van der Waals surface area contributed by atoms with Crippen molar-refractivity contribution in [1.82, 2.24) is 14.6 Å². The van der Waals surface area contributed by atoms with Crippen molar-refractivity contribution in [3.8, 4) is 0 Å². The Bertz CT molecular complexity index is 1840. The van der Waals surface area contributed by atoms with Gasteiger partial charge in [0, 0.05) is 37.6 Å². The highest BCUT2D eigenvalue weighted by molar-refractivity contribution is 6.99. The number of rotatable bonds is 16. The molecule has 0 unspecified atom stereocenters. The van der Waals surface area contributed by atoms with Crippen LogP contribution in [0.5, 0.6) is 0 Å². The lowest BCUT2D eigenvalue weighted by Gasteiger charge is -2.44. The molecule has 5 rings (SSSR count). The smallest absolute Gasteiger partial charge is 0.340 e. The second kappa shape index (κ2) is 17.5. The summed E-state index contributed by atoms with van der Waals surface area (Å²) in [6.45, 7) is 22.9. The van der Waals surface area contributed by atoms with Gasteiger partial charge in [0.1, 0.15) is 11.5 Å². The van der Waals surface area contributed by atoms with Gasteiger partial charge in [0.05, 0.1) is 23.4 Å². The van der Waals surface area contributed by atoms with Crippen molar-refractivity contribution >= 4 is 42.4 Å². The monoisotopic (exact) mass is 770 g/mol. The molecule has 0 aliphatic carbocycles. The van der Waals surface area contributed by atoms with Crippen molar-refractivity contribution in [2.24, 2.45) is 0 Å². The van der Waals surface area contributed by atoms with E-state index in [2.05, 4.69) is 105 Å². The molecule has 0 N–H and O–H groups in total. The number of hydrogen-bond acceptors (Lipinski definition) is 9. The second-order valence-corrected chi connectivity index (χ2v) is 21.4. The van der Waals surface area contributed by atoms with Gasteiger partial charge in [-0.2, -0.15) is 9.61 Å². The van der Waals surface area contributed by atoms with Crippen molar-refractivity contribution < 1.29 is 28.2 Å². The van der Waals surface area contributed by atoms with Crippen molar-refractivity contribution in [3.63, 3.8) is 0 Å². The molecule has 0 bridgehead atoms. The van der Waals surface area contributed by atoms with Gasteiger partial charge in [-0.25, -0.2) is 9.78 Å². The predicted molar refractivity (Wildman–Crippen MR) is 221 cm³/mol. The molecular weight excluding hydrogens is 709 g/mol. The number of unbranched alkanes of at least 4 members (excludes halogenated alkanes) is 1. The van der Waals surface area contributed by atoms with E-state index in [9.17, 15) is 9.59 Å². The molecule has 0 spiro atoms. The molecule has 55 heavy (non-hydrogen) atoms. The highest BCUT2D eigenvalue weighted by Gasteiger charge is 2.51. The van der Waals surface area contributed by atoms with Gasteiger partial charge in [-0.15, -0.1) is 0 Å². The van der Waals surface area contributed by atoms with E-state index in [1.807, 2.05) is 27.7 Å². The van der Waals surface area contributed by atoms with Gasteiger partial charge < -0.3 is 23.5 Å². The maximum atomic E-state index is 13.5. The number of esters is 1. The van der Waals surface area contributed by atoms with Crippen LogP contribution in [0.15, 0.2) is 66.7 Å². The Morgan fingerprint density at radius 1 is 0.964 bits per heavy atom. The molecule has 3 heterocycles. The maximum absolute atomic E-state index is 13.5. The first-order chi connectivity index (χ1) is 26.0. The number of carbonyl (C=O) groups is 2. The van der Waals surface area contributed by atoms with Crippen LogP contribution < -0.4 is 15.3 Å². The highest BCUT2D eigenvalue weighted by atomic mass is 28.4. The van der Waals surface area contributed by atoms with E-state index < -0.39 is 26.0 Å². The number of aldehydes is 1. The van der Waals surface area contributed by atoms with Crippen LogP contribution in [-0.4, -0.2) is 78.8 Å². The van der Waals surface area contributed by atoms with Crippen molar-refractivity contribution in [2.45, 2.75) is 130 Å². The number of piperidine rings is 1. The van der Waals surface area contributed by atoms with Crippen LogP contribution in [0.2, 0.25) is 5.04 Å². The number of aryl methyl sites for hydroxylation is 1.